The number of likely N-dealkylation sites (N-methyl/N-ethyl adjacent to an activating group) is 1. The summed E-state index contributed by atoms with van der Waals surface area (Å²) in [7, 11) is 1.75. The highest BCUT2D eigenvalue weighted by Crippen LogP contribution is 1.89. The summed E-state index contributed by atoms with van der Waals surface area (Å²) < 4.78 is 0. The Bertz CT molecular complexity index is 161. The third kappa shape index (κ3) is 6.37. The van der Waals surface area contributed by atoms with E-state index in [9.17, 15) is 4.79 Å². The van der Waals surface area contributed by atoms with Crippen LogP contribution in [0.2, 0.25) is 0 Å². The van der Waals surface area contributed by atoms with E-state index in [0.717, 1.165) is 0 Å². The van der Waals surface area contributed by atoms with E-state index in [1.807, 2.05) is 0 Å². The molecule has 0 bridgehead atoms. The topological polar surface area (TPSA) is 32.3 Å². The molecule has 3 nitrogen and oxygen atoms in total. The molecule has 0 saturated carbocycles. The number of nitrogens with zero attached hydrogens (tertiary/aromatic N) is 1. The Labute approximate surface area is 85.9 Å². The maximum absolute atomic E-state index is 11.3. The molecule has 0 aromatic heterocycles. The van der Waals surface area contributed by atoms with Gasteiger partial charge in [-0.1, -0.05) is 12.2 Å². The molecule has 13 heavy (non-hydrogen) atoms. The Morgan fingerprint density at radius 1 is 1.38 bits per heavy atom. The zero-order valence-electron chi connectivity index (χ0n) is 7.95. The van der Waals surface area contributed by atoms with E-state index in [1.54, 1.807) is 24.1 Å². The minimum atomic E-state index is 0. The fourth-order valence-corrected chi connectivity index (χ4v) is 0.853. The average Bonchev–Trinajstić information content (AvgIpc) is 2.04. The average molecular weight is 205 g/mol. The van der Waals surface area contributed by atoms with Crippen molar-refractivity contribution in [3.63, 3.8) is 0 Å². The lowest BCUT2D eigenvalue weighted by Gasteiger charge is -2.18. The van der Waals surface area contributed by atoms with Gasteiger partial charge in [0.05, 0.1) is 6.54 Å². The molecule has 0 rings (SSSR count). The number of hydrogen-bond donors (Lipinski definition) is 1. The van der Waals surface area contributed by atoms with Crippen LogP contribution in [-0.4, -0.2) is 37.5 Å². The van der Waals surface area contributed by atoms with Gasteiger partial charge in [0.25, 0.3) is 0 Å². The van der Waals surface area contributed by atoms with Crippen LogP contribution in [0.3, 0.4) is 0 Å². The Morgan fingerprint density at radius 3 is 2.15 bits per heavy atom. The lowest BCUT2D eigenvalue weighted by atomic mass is 10.4. The Hall–Kier alpha value is -0.800. The van der Waals surface area contributed by atoms with Crippen molar-refractivity contribution in [1.82, 2.24) is 10.2 Å². The van der Waals surface area contributed by atoms with Gasteiger partial charge >= 0.3 is 0 Å². The fourth-order valence-electron chi connectivity index (χ4n) is 0.853. The number of hydrogen-bond acceptors (Lipinski definition) is 2. The van der Waals surface area contributed by atoms with Crippen molar-refractivity contribution in [3.8, 4) is 0 Å². The maximum atomic E-state index is 11.3. The summed E-state index contributed by atoms with van der Waals surface area (Å²) in [6.07, 6.45) is 3.41. The summed E-state index contributed by atoms with van der Waals surface area (Å²) in [5, 5.41) is 2.80. The summed E-state index contributed by atoms with van der Waals surface area (Å²) >= 11 is 0. The molecule has 0 heterocycles. The quantitative estimate of drug-likeness (QED) is 0.650. The van der Waals surface area contributed by atoms with Gasteiger partial charge in [-0.2, -0.15) is 0 Å². The number of amides is 1. The van der Waals surface area contributed by atoms with E-state index in [0.29, 0.717) is 19.6 Å². The number of rotatable bonds is 6. The van der Waals surface area contributed by atoms with Crippen LogP contribution < -0.4 is 5.32 Å². The van der Waals surface area contributed by atoms with Gasteiger partial charge in [0, 0.05) is 13.1 Å². The lowest BCUT2D eigenvalue weighted by Crippen LogP contribution is -2.37. The second-order valence-corrected chi connectivity index (χ2v) is 2.41. The van der Waals surface area contributed by atoms with E-state index in [4.69, 9.17) is 0 Å². The molecule has 1 N–H and O–H groups in total. The molecular weight excluding hydrogens is 188 g/mol. The van der Waals surface area contributed by atoms with Crippen molar-refractivity contribution in [2.45, 2.75) is 0 Å². The smallest absolute Gasteiger partial charge is 0.237 e. The predicted molar refractivity (Wildman–Crippen MR) is 58.1 cm³/mol. The minimum Gasteiger partial charge on any atom is -0.334 e. The van der Waals surface area contributed by atoms with Gasteiger partial charge in [0.1, 0.15) is 0 Å². The highest BCUT2D eigenvalue weighted by Gasteiger charge is 2.07. The van der Waals surface area contributed by atoms with Gasteiger partial charge in [0.2, 0.25) is 5.91 Å². The van der Waals surface area contributed by atoms with Crippen LogP contribution >= 0.6 is 12.4 Å². The molecule has 0 aliphatic heterocycles. The van der Waals surface area contributed by atoms with Crippen molar-refractivity contribution in [3.05, 3.63) is 25.3 Å². The van der Waals surface area contributed by atoms with Crippen molar-refractivity contribution < 1.29 is 4.79 Å². The zero-order chi connectivity index (χ0) is 9.40. The van der Waals surface area contributed by atoms with Crippen LogP contribution in [-0.2, 0) is 4.79 Å². The maximum Gasteiger partial charge on any atom is 0.237 e. The van der Waals surface area contributed by atoms with Gasteiger partial charge in [-0.3, -0.25) is 4.79 Å². The Balaban J connectivity index is 0. The molecule has 0 radical (unpaired) electrons. The molecule has 0 aliphatic carbocycles. The first-order valence-corrected chi connectivity index (χ1v) is 3.90. The van der Waals surface area contributed by atoms with Crippen LogP contribution in [0, 0.1) is 0 Å². The largest absolute Gasteiger partial charge is 0.334 e. The third-order valence-electron chi connectivity index (χ3n) is 1.38. The summed E-state index contributed by atoms with van der Waals surface area (Å²) in [4.78, 5) is 13.0. The molecule has 0 unspecified atom stereocenters. The van der Waals surface area contributed by atoms with Crippen molar-refractivity contribution in [2.24, 2.45) is 0 Å². The molecular formula is C9H17ClN2O. The molecule has 76 valence electrons. The third-order valence-corrected chi connectivity index (χ3v) is 1.38. The lowest BCUT2D eigenvalue weighted by molar-refractivity contribution is -0.129. The Morgan fingerprint density at radius 2 is 1.85 bits per heavy atom. The molecule has 0 spiro atoms. The predicted octanol–water partition coefficient (Wildman–Crippen LogP) is 0.828. The van der Waals surface area contributed by atoms with E-state index in [-0.39, 0.29) is 18.3 Å². The van der Waals surface area contributed by atoms with Crippen molar-refractivity contribution >= 4 is 18.3 Å². The summed E-state index contributed by atoms with van der Waals surface area (Å²) in [6, 6.07) is 0. The molecule has 0 aromatic rings. The van der Waals surface area contributed by atoms with Crippen molar-refractivity contribution in [1.29, 1.82) is 0 Å². The molecule has 0 atom stereocenters. The van der Waals surface area contributed by atoms with Crippen LogP contribution in [0.1, 0.15) is 0 Å². The highest BCUT2D eigenvalue weighted by atomic mass is 35.5. The fraction of sp³-hybridized carbons (Fsp3) is 0.444. The second kappa shape index (κ2) is 9.29. The standard InChI is InChI=1S/C9H16N2O.ClH/c1-4-6-11(7-5-2)9(12)8-10-3;/h4-5,10H,1-2,6-8H2,3H3;1H. The van der Waals surface area contributed by atoms with E-state index in [1.165, 1.54) is 0 Å². The molecule has 0 aliphatic rings. The summed E-state index contributed by atoms with van der Waals surface area (Å²) in [5.41, 5.74) is 0. The first-order valence-electron chi connectivity index (χ1n) is 3.90. The molecule has 0 saturated heterocycles. The van der Waals surface area contributed by atoms with E-state index < -0.39 is 0 Å². The van der Waals surface area contributed by atoms with Gasteiger partial charge in [-0.25, -0.2) is 0 Å². The van der Waals surface area contributed by atoms with E-state index in [2.05, 4.69) is 18.5 Å². The van der Waals surface area contributed by atoms with Gasteiger partial charge in [0.15, 0.2) is 0 Å². The number of carbonyl (C=O) groups excluding carboxylic acids is 1. The molecule has 4 heteroatoms. The number of nitrogens with one attached hydrogen (secondary N) is 1. The number of carbonyl (C=O) groups is 1. The SMILES string of the molecule is C=CCN(CC=C)C(=O)CNC.Cl. The minimum absolute atomic E-state index is 0. The van der Waals surface area contributed by atoms with Crippen LogP contribution in [0.15, 0.2) is 25.3 Å². The summed E-state index contributed by atoms with van der Waals surface area (Å²) in [5.74, 6) is 0.0669. The van der Waals surface area contributed by atoms with Crippen LogP contribution in [0.5, 0.6) is 0 Å². The summed E-state index contributed by atoms with van der Waals surface area (Å²) in [6.45, 7) is 8.67. The monoisotopic (exact) mass is 204 g/mol. The van der Waals surface area contributed by atoms with Gasteiger partial charge in [-0.05, 0) is 7.05 Å². The van der Waals surface area contributed by atoms with Crippen LogP contribution in [0.25, 0.3) is 0 Å². The van der Waals surface area contributed by atoms with Crippen molar-refractivity contribution in [2.75, 3.05) is 26.7 Å². The molecule has 0 aromatic carbocycles. The second-order valence-electron chi connectivity index (χ2n) is 2.41. The number of halogens is 1. The highest BCUT2D eigenvalue weighted by molar-refractivity contribution is 5.85. The molecule has 0 fully saturated rings. The first kappa shape index (κ1) is 14.7. The zero-order valence-corrected chi connectivity index (χ0v) is 8.77. The van der Waals surface area contributed by atoms with Crippen LogP contribution in [0.4, 0.5) is 0 Å². The normalized spacial score (nSPS) is 8.38. The van der Waals surface area contributed by atoms with Gasteiger partial charge in [-0.15, -0.1) is 25.6 Å². The molecule has 1 amide bonds. The Kier molecular flexibility index (Phi) is 10.5. The van der Waals surface area contributed by atoms with E-state index >= 15 is 0 Å². The van der Waals surface area contributed by atoms with Gasteiger partial charge < -0.3 is 10.2 Å². The first-order chi connectivity index (χ1) is 5.76.